The molecule has 0 fully saturated rings. The minimum absolute atomic E-state index is 0.263. The Labute approximate surface area is 141 Å². The number of benzene rings is 2. The summed E-state index contributed by atoms with van der Waals surface area (Å²) in [6.45, 7) is 4.71. The Hall–Kier alpha value is -2.75. The molecule has 0 heterocycles. The van der Waals surface area contributed by atoms with Crippen LogP contribution in [0.3, 0.4) is 0 Å². The van der Waals surface area contributed by atoms with Crippen LogP contribution in [0.2, 0.25) is 0 Å². The van der Waals surface area contributed by atoms with Crippen LogP contribution in [0.4, 0.5) is 0 Å². The predicted octanol–water partition coefficient (Wildman–Crippen LogP) is 3.26. The standard InChI is InChI=1S/C20H21NO3/c1-13-9-11-16(12-10-13)19(18(14(2)22)15(3)23)21-20(24)17-7-5-4-6-8-17/h4-12,18-19H,1-3H3,(H,21,24). The van der Waals surface area contributed by atoms with Crippen molar-refractivity contribution in [3.8, 4) is 0 Å². The van der Waals surface area contributed by atoms with Gasteiger partial charge < -0.3 is 5.32 Å². The zero-order valence-electron chi connectivity index (χ0n) is 14.1. The van der Waals surface area contributed by atoms with Crippen molar-refractivity contribution in [2.45, 2.75) is 26.8 Å². The van der Waals surface area contributed by atoms with Crippen LogP contribution in [0.25, 0.3) is 0 Å². The van der Waals surface area contributed by atoms with E-state index in [4.69, 9.17) is 0 Å². The largest absolute Gasteiger partial charge is 0.344 e. The summed E-state index contributed by atoms with van der Waals surface area (Å²) in [7, 11) is 0. The van der Waals surface area contributed by atoms with Crippen LogP contribution in [0.1, 0.15) is 41.4 Å². The van der Waals surface area contributed by atoms with E-state index in [0.29, 0.717) is 5.56 Å². The van der Waals surface area contributed by atoms with Gasteiger partial charge in [0.1, 0.15) is 17.5 Å². The molecular formula is C20H21NO3. The Morgan fingerprint density at radius 3 is 1.88 bits per heavy atom. The molecule has 0 aliphatic heterocycles. The van der Waals surface area contributed by atoms with E-state index < -0.39 is 12.0 Å². The van der Waals surface area contributed by atoms with E-state index in [1.54, 1.807) is 24.3 Å². The van der Waals surface area contributed by atoms with Crippen LogP contribution in [-0.2, 0) is 9.59 Å². The molecule has 1 atom stereocenters. The summed E-state index contributed by atoms with van der Waals surface area (Å²) in [6.07, 6.45) is 0. The van der Waals surface area contributed by atoms with E-state index in [1.165, 1.54) is 13.8 Å². The molecule has 0 spiro atoms. The molecule has 0 radical (unpaired) electrons. The number of carbonyl (C=O) groups is 3. The SMILES string of the molecule is CC(=O)C(C(C)=O)C(NC(=O)c1ccccc1)c1ccc(C)cc1. The zero-order chi connectivity index (χ0) is 17.7. The van der Waals surface area contributed by atoms with Crippen LogP contribution in [0, 0.1) is 12.8 Å². The number of hydrogen-bond acceptors (Lipinski definition) is 3. The van der Waals surface area contributed by atoms with E-state index in [1.807, 2.05) is 37.3 Å². The zero-order valence-corrected chi connectivity index (χ0v) is 14.1. The van der Waals surface area contributed by atoms with Crippen LogP contribution in [-0.4, -0.2) is 17.5 Å². The molecule has 2 aromatic rings. The summed E-state index contributed by atoms with van der Waals surface area (Å²) in [6, 6.07) is 15.5. The number of ketones is 2. The van der Waals surface area contributed by atoms with Crippen molar-refractivity contribution in [1.82, 2.24) is 5.32 Å². The molecule has 24 heavy (non-hydrogen) atoms. The fraction of sp³-hybridized carbons (Fsp3) is 0.250. The van der Waals surface area contributed by atoms with Crippen LogP contribution in [0.15, 0.2) is 54.6 Å². The minimum atomic E-state index is -0.902. The minimum Gasteiger partial charge on any atom is -0.344 e. The van der Waals surface area contributed by atoms with E-state index in [0.717, 1.165) is 11.1 Å². The van der Waals surface area contributed by atoms with E-state index in [2.05, 4.69) is 5.32 Å². The average molecular weight is 323 g/mol. The van der Waals surface area contributed by atoms with Crippen molar-refractivity contribution in [3.05, 3.63) is 71.3 Å². The second kappa shape index (κ2) is 7.68. The topological polar surface area (TPSA) is 63.2 Å². The van der Waals surface area contributed by atoms with E-state index in [-0.39, 0.29) is 17.5 Å². The molecule has 0 aliphatic rings. The molecule has 1 N–H and O–H groups in total. The maximum absolute atomic E-state index is 12.5. The van der Waals surface area contributed by atoms with Gasteiger partial charge >= 0.3 is 0 Å². The fourth-order valence-corrected chi connectivity index (χ4v) is 2.70. The molecule has 0 aromatic heterocycles. The summed E-state index contributed by atoms with van der Waals surface area (Å²) < 4.78 is 0. The van der Waals surface area contributed by atoms with Crippen molar-refractivity contribution >= 4 is 17.5 Å². The molecular weight excluding hydrogens is 302 g/mol. The van der Waals surface area contributed by atoms with Gasteiger partial charge in [0, 0.05) is 5.56 Å². The lowest BCUT2D eigenvalue weighted by atomic mass is 9.86. The quantitative estimate of drug-likeness (QED) is 0.830. The number of hydrogen-bond donors (Lipinski definition) is 1. The van der Waals surface area contributed by atoms with Gasteiger partial charge in [0.15, 0.2) is 0 Å². The maximum atomic E-state index is 12.5. The molecule has 0 bridgehead atoms. The van der Waals surface area contributed by atoms with Crippen molar-refractivity contribution in [2.24, 2.45) is 5.92 Å². The van der Waals surface area contributed by atoms with Gasteiger partial charge in [-0.15, -0.1) is 0 Å². The number of carbonyl (C=O) groups excluding carboxylic acids is 3. The Bertz CT molecular complexity index is 721. The molecule has 0 aliphatic carbocycles. The average Bonchev–Trinajstić information content (AvgIpc) is 2.55. The first-order valence-electron chi connectivity index (χ1n) is 7.83. The summed E-state index contributed by atoms with van der Waals surface area (Å²) in [5, 5.41) is 2.85. The molecule has 0 saturated heterocycles. The van der Waals surface area contributed by atoms with Crippen molar-refractivity contribution in [2.75, 3.05) is 0 Å². The van der Waals surface area contributed by atoms with Gasteiger partial charge in [-0.25, -0.2) is 0 Å². The van der Waals surface area contributed by atoms with Gasteiger partial charge in [-0.2, -0.15) is 0 Å². The first-order chi connectivity index (χ1) is 11.4. The Morgan fingerprint density at radius 1 is 0.833 bits per heavy atom. The number of aryl methyl sites for hydroxylation is 1. The molecule has 4 nitrogen and oxygen atoms in total. The highest BCUT2D eigenvalue weighted by atomic mass is 16.2. The molecule has 0 saturated carbocycles. The van der Waals surface area contributed by atoms with E-state index >= 15 is 0 Å². The predicted molar refractivity (Wildman–Crippen MR) is 92.7 cm³/mol. The smallest absolute Gasteiger partial charge is 0.251 e. The second-order valence-electron chi connectivity index (χ2n) is 5.93. The second-order valence-corrected chi connectivity index (χ2v) is 5.93. The third kappa shape index (κ3) is 4.16. The van der Waals surface area contributed by atoms with Gasteiger partial charge in [-0.05, 0) is 38.5 Å². The first kappa shape index (κ1) is 17.6. The molecule has 2 aromatic carbocycles. The maximum Gasteiger partial charge on any atom is 0.251 e. The number of amides is 1. The third-order valence-corrected chi connectivity index (χ3v) is 3.97. The summed E-state index contributed by atoms with van der Waals surface area (Å²) in [5.74, 6) is -1.74. The first-order valence-corrected chi connectivity index (χ1v) is 7.83. The summed E-state index contributed by atoms with van der Waals surface area (Å²) in [4.78, 5) is 36.5. The Balaban J connectivity index is 2.38. The highest BCUT2D eigenvalue weighted by molar-refractivity contribution is 6.02. The molecule has 4 heteroatoms. The van der Waals surface area contributed by atoms with Crippen LogP contribution < -0.4 is 5.32 Å². The fourth-order valence-electron chi connectivity index (χ4n) is 2.70. The van der Waals surface area contributed by atoms with Gasteiger partial charge in [0.2, 0.25) is 0 Å². The molecule has 1 amide bonds. The Kier molecular flexibility index (Phi) is 5.64. The lowest BCUT2D eigenvalue weighted by Crippen LogP contribution is -2.39. The van der Waals surface area contributed by atoms with Crippen molar-refractivity contribution in [1.29, 1.82) is 0 Å². The number of Topliss-reactive ketones (excluding diaryl/α,β-unsaturated/α-hetero) is 2. The van der Waals surface area contributed by atoms with Gasteiger partial charge in [-0.1, -0.05) is 48.0 Å². The van der Waals surface area contributed by atoms with Crippen LogP contribution >= 0.6 is 0 Å². The van der Waals surface area contributed by atoms with Gasteiger partial charge in [0.25, 0.3) is 5.91 Å². The molecule has 2 rings (SSSR count). The van der Waals surface area contributed by atoms with Crippen molar-refractivity contribution in [3.63, 3.8) is 0 Å². The Morgan fingerprint density at radius 2 is 1.38 bits per heavy atom. The number of nitrogens with one attached hydrogen (secondary N) is 1. The molecule has 1 unspecified atom stereocenters. The van der Waals surface area contributed by atoms with Gasteiger partial charge in [-0.3, -0.25) is 14.4 Å². The van der Waals surface area contributed by atoms with Crippen LogP contribution in [0.5, 0.6) is 0 Å². The van der Waals surface area contributed by atoms with Gasteiger partial charge in [0.05, 0.1) is 6.04 Å². The molecule has 124 valence electrons. The summed E-state index contributed by atoms with van der Waals surface area (Å²) in [5.41, 5.74) is 2.29. The number of rotatable bonds is 6. The monoisotopic (exact) mass is 323 g/mol. The van der Waals surface area contributed by atoms with Crippen molar-refractivity contribution < 1.29 is 14.4 Å². The lowest BCUT2D eigenvalue weighted by molar-refractivity contribution is -0.131. The highest BCUT2D eigenvalue weighted by Crippen LogP contribution is 2.25. The van der Waals surface area contributed by atoms with E-state index in [9.17, 15) is 14.4 Å². The lowest BCUT2D eigenvalue weighted by Gasteiger charge is -2.25. The summed E-state index contributed by atoms with van der Waals surface area (Å²) >= 11 is 0. The normalized spacial score (nSPS) is 11.8. The highest BCUT2D eigenvalue weighted by Gasteiger charge is 2.32. The third-order valence-electron chi connectivity index (χ3n) is 3.97.